The lowest BCUT2D eigenvalue weighted by Gasteiger charge is -2.36. The Hall–Kier alpha value is -1.34. The number of piperazine rings is 1. The van der Waals surface area contributed by atoms with Crippen molar-refractivity contribution in [2.45, 2.75) is 20.4 Å². The Labute approximate surface area is 165 Å². The molecule has 1 aliphatic heterocycles. The van der Waals surface area contributed by atoms with Crippen LogP contribution in [-0.4, -0.2) is 42.0 Å². The SMILES string of the molecule is Cc1cccc(N2CCN(C(=O)c3csc(CN)n3)CC2)c1C.Cl.Cl. The van der Waals surface area contributed by atoms with E-state index in [1.54, 1.807) is 0 Å². The van der Waals surface area contributed by atoms with Gasteiger partial charge in [-0.15, -0.1) is 36.2 Å². The minimum atomic E-state index is 0. The molecule has 3 rings (SSSR count). The van der Waals surface area contributed by atoms with Crippen molar-refractivity contribution < 1.29 is 4.79 Å². The van der Waals surface area contributed by atoms with Gasteiger partial charge in [-0.25, -0.2) is 4.98 Å². The molecule has 2 aromatic rings. The monoisotopic (exact) mass is 402 g/mol. The second-order valence-corrected chi connectivity index (χ2v) is 6.77. The molecular formula is C17H24Cl2N4OS. The average Bonchev–Trinajstić information content (AvgIpc) is 3.06. The van der Waals surface area contributed by atoms with Crippen molar-refractivity contribution in [3.8, 4) is 0 Å². The van der Waals surface area contributed by atoms with Crippen LogP contribution in [0.15, 0.2) is 23.6 Å². The van der Waals surface area contributed by atoms with Crippen LogP contribution in [0.3, 0.4) is 0 Å². The first-order chi connectivity index (χ1) is 11.1. The summed E-state index contributed by atoms with van der Waals surface area (Å²) >= 11 is 1.45. The topological polar surface area (TPSA) is 62.5 Å². The molecule has 1 aromatic carbocycles. The molecule has 1 aliphatic rings. The van der Waals surface area contributed by atoms with Crippen LogP contribution in [0.2, 0.25) is 0 Å². The standard InChI is InChI=1S/C17H22N4OS.2ClH/c1-12-4-3-5-15(13(12)2)20-6-8-21(9-7-20)17(22)14-11-23-16(10-18)19-14;;/h3-5,11H,6-10,18H2,1-2H3;2*1H. The molecule has 0 spiro atoms. The molecule has 0 atom stereocenters. The number of thiazole rings is 1. The fraction of sp³-hybridized carbons (Fsp3) is 0.412. The van der Waals surface area contributed by atoms with Crippen molar-refractivity contribution in [3.63, 3.8) is 0 Å². The number of hydrogen-bond donors (Lipinski definition) is 1. The van der Waals surface area contributed by atoms with Crippen LogP contribution in [0, 0.1) is 13.8 Å². The van der Waals surface area contributed by atoms with Gasteiger partial charge in [0.1, 0.15) is 10.7 Å². The number of amides is 1. The van der Waals surface area contributed by atoms with Gasteiger partial charge in [-0.1, -0.05) is 12.1 Å². The molecule has 0 radical (unpaired) electrons. The van der Waals surface area contributed by atoms with Gasteiger partial charge in [0.2, 0.25) is 0 Å². The van der Waals surface area contributed by atoms with Crippen molar-refractivity contribution >= 4 is 47.7 Å². The van der Waals surface area contributed by atoms with Gasteiger partial charge in [0.15, 0.2) is 0 Å². The second kappa shape index (κ2) is 9.38. The Morgan fingerprint density at radius 3 is 2.48 bits per heavy atom. The zero-order chi connectivity index (χ0) is 16.4. The van der Waals surface area contributed by atoms with Gasteiger partial charge in [0, 0.05) is 43.8 Å². The predicted octanol–water partition coefficient (Wildman–Crippen LogP) is 3.02. The number of carbonyl (C=O) groups is 1. The van der Waals surface area contributed by atoms with E-state index in [0.29, 0.717) is 12.2 Å². The van der Waals surface area contributed by atoms with Gasteiger partial charge < -0.3 is 15.5 Å². The molecule has 1 fully saturated rings. The Balaban J connectivity index is 0.00000156. The van der Waals surface area contributed by atoms with E-state index in [0.717, 1.165) is 31.2 Å². The Morgan fingerprint density at radius 2 is 1.88 bits per heavy atom. The number of hydrogen-bond acceptors (Lipinski definition) is 5. The summed E-state index contributed by atoms with van der Waals surface area (Å²) in [6, 6.07) is 6.39. The van der Waals surface area contributed by atoms with Crippen LogP contribution in [0.5, 0.6) is 0 Å². The maximum atomic E-state index is 12.5. The summed E-state index contributed by atoms with van der Waals surface area (Å²) in [4.78, 5) is 21.0. The summed E-state index contributed by atoms with van der Waals surface area (Å²) in [5.74, 6) is 0.0153. The number of carbonyl (C=O) groups excluding carboxylic acids is 1. The highest BCUT2D eigenvalue weighted by Gasteiger charge is 2.24. The number of halogens is 2. The summed E-state index contributed by atoms with van der Waals surface area (Å²) in [6.07, 6.45) is 0. The molecule has 1 amide bonds. The first-order valence-electron chi connectivity index (χ1n) is 7.85. The molecule has 0 aliphatic carbocycles. The number of aryl methyl sites for hydroxylation is 1. The van der Waals surface area contributed by atoms with Gasteiger partial charge in [0.25, 0.3) is 5.91 Å². The third-order valence-corrected chi connectivity index (χ3v) is 5.30. The predicted molar refractivity (Wildman–Crippen MR) is 109 cm³/mol. The summed E-state index contributed by atoms with van der Waals surface area (Å²) in [7, 11) is 0. The fourth-order valence-corrected chi connectivity index (χ4v) is 3.54. The highest BCUT2D eigenvalue weighted by atomic mass is 35.5. The summed E-state index contributed by atoms with van der Waals surface area (Å²) in [5, 5.41) is 2.61. The van der Waals surface area contributed by atoms with Crippen molar-refractivity contribution in [2.75, 3.05) is 31.1 Å². The van der Waals surface area contributed by atoms with Crippen LogP contribution in [0.1, 0.15) is 26.6 Å². The lowest BCUT2D eigenvalue weighted by molar-refractivity contribution is 0.0741. The molecular weight excluding hydrogens is 379 g/mol. The van der Waals surface area contributed by atoms with Gasteiger partial charge in [-0.2, -0.15) is 0 Å². The molecule has 0 unspecified atom stereocenters. The molecule has 1 aromatic heterocycles. The molecule has 1 saturated heterocycles. The van der Waals surface area contributed by atoms with Crippen LogP contribution < -0.4 is 10.6 Å². The van der Waals surface area contributed by atoms with Crippen molar-refractivity contribution in [1.82, 2.24) is 9.88 Å². The molecule has 2 heterocycles. The van der Waals surface area contributed by atoms with E-state index in [2.05, 4.69) is 41.9 Å². The van der Waals surface area contributed by atoms with Crippen molar-refractivity contribution in [2.24, 2.45) is 5.73 Å². The van der Waals surface area contributed by atoms with Crippen LogP contribution in [-0.2, 0) is 6.54 Å². The molecule has 8 heteroatoms. The highest BCUT2D eigenvalue weighted by Crippen LogP contribution is 2.24. The van der Waals surface area contributed by atoms with Gasteiger partial charge in [-0.05, 0) is 31.0 Å². The smallest absolute Gasteiger partial charge is 0.273 e. The number of benzene rings is 1. The molecule has 0 bridgehead atoms. The van der Waals surface area contributed by atoms with Gasteiger partial charge >= 0.3 is 0 Å². The molecule has 25 heavy (non-hydrogen) atoms. The average molecular weight is 403 g/mol. The van der Waals surface area contributed by atoms with E-state index in [-0.39, 0.29) is 30.7 Å². The van der Waals surface area contributed by atoms with Crippen LogP contribution in [0.4, 0.5) is 5.69 Å². The van der Waals surface area contributed by atoms with E-state index in [1.807, 2.05) is 10.3 Å². The first kappa shape index (κ1) is 21.7. The fourth-order valence-electron chi connectivity index (χ4n) is 2.89. The normalized spacial score (nSPS) is 13.9. The summed E-state index contributed by atoms with van der Waals surface area (Å²) in [6.45, 7) is 7.83. The molecule has 0 saturated carbocycles. The van der Waals surface area contributed by atoms with Gasteiger partial charge in [-0.3, -0.25) is 4.79 Å². The number of rotatable bonds is 3. The summed E-state index contributed by atoms with van der Waals surface area (Å²) < 4.78 is 0. The lowest BCUT2D eigenvalue weighted by atomic mass is 10.1. The number of nitrogens with two attached hydrogens (primary N) is 1. The highest BCUT2D eigenvalue weighted by molar-refractivity contribution is 7.09. The van der Waals surface area contributed by atoms with E-state index in [1.165, 1.54) is 28.2 Å². The minimum absolute atomic E-state index is 0. The molecule has 2 N–H and O–H groups in total. The Bertz CT molecular complexity index is 714. The van der Waals surface area contributed by atoms with E-state index >= 15 is 0 Å². The third kappa shape index (κ3) is 4.64. The quantitative estimate of drug-likeness (QED) is 0.856. The lowest BCUT2D eigenvalue weighted by Crippen LogP contribution is -2.49. The van der Waals surface area contributed by atoms with E-state index in [4.69, 9.17) is 5.73 Å². The van der Waals surface area contributed by atoms with E-state index < -0.39 is 0 Å². The van der Waals surface area contributed by atoms with Crippen LogP contribution >= 0.6 is 36.2 Å². The van der Waals surface area contributed by atoms with Crippen molar-refractivity contribution in [1.29, 1.82) is 0 Å². The number of aromatic nitrogens is 1. The first-order valence-corrected chi connectivity index (χ1v) is 8.73. The third-order valence-electron chi connectivity index (χ3n) is 4.43. The Morgan fingerprint density at radius 1 is 1.20 bits per heavy atom. The maximum absolute atomic E-state index is 12.5. The summed E-state index contributed by atoms with van der Waals surface area (Å²) in [5.41, 5.74) is 9.99. The second-order valence-electron chi connectivity index (χ2n) is 5.83. The van der Waals surface area contributed by atoms with Crippen molar-refractivity contribution in [3.05, 3.63) is 45.4 Å². The number of anilines is 1. The number of nitrogens with zero attached hydrogens (tertiary/aromatic N) is 3. The van der Waals surface area contributed by atoms with Crippen LogP contribution in [0.25, 0.3) is 0 Å². The largest absolute Gasteiger partial charge is 0.368 e. The van der Waals surface area contributed by atoms with Gasteiger partial charge in [0.05, 0.1) is 0 Å². The minimum Gasteiger partial charge on any atom is -0.368 e. The van der Waals surface area contributed by atoms with E-state index in [9.17, 15) is 4.79 Å². The zero-order valence-corrected chi connectivity index (χ0v) is 16.8. The molecule has 138 valence electrons. The maximum Gasteiger partial charge on any atom is 0.273 e. The molecule has 5 nitrogen and oxygen atoms in total. The Kier molecular flexibility index (Phi) is 8.15. The zero-order valence-electron chi connectivity index (χ0n) is 14.4.